The van der Waals surface area contributed by atoms with Crippen molar-refractivity contribution in [2.75, 3.05) is 21.1 Å². The van der Waals surface area contributed by atoms with E-state index in [4.69, 9.17) is 9.47 Å². The molecular weight excluding hydrogens is 582 g/mol. The zero-order valence-corrected chi connectivity index (χ0v) is 32.9. The molecule has 2 unspecified atom stereocenters. The molecule has 47 heavy (non-hydrogen) atoms. The summed E-state index contributed by atoms with van der Waals surface area (Å²) in [6, 6.07) is 0. The number of carbonyl (C=O) groups is 2. The highest BCUT2D eigenvalue weighted by molar-refractivity contribution is 5.70. The average Bonchev–Trinajstić information content (AvgIpc) is 3.03. The Hall–Kier alpha value is -1.10. The van der Waals surface area contributed by atoms with Crippen LogP contribution in [0.2, 0.25) is 0 Å². The van der Waals surface area contributed by atoms with Gasteiger partial charge < -0.3 is 9.47 Å². The summed E-state index contributed by atoms with van der Waals surface area (Å²) in [5, 5.41) is 0. The molecule has 5 heteroatoms. The zero-order valence-electron chi connectivity index (χ0n) is 32.9. The molecule has 5 nitrogen and oxygen atoms in total. The molecule has 0 aromatic heterocycles. The molecule has 0 aliphatic carbocycles. The van der Waals surface area contributed by atoms with Crippen molar-refractivity contribution in [1.82, 2.24) is 0 Å². The number of hydrogen-bond acceptors (Lipinski definition) is 4. The maximum absolute atomic E-state index is 12.7. The number of unbranched alkanes of at least 4 members (excludes halogenated alkanes) is 28. The van der Waals surface area contributed by atoms with Crippen molar-refractivity contribution in [2.24, 2.45) is 0 Å². The normalized spacial score (nSPS) is 13.1. The number of quaternary nitrogens is 1. The van der Waals surface area contributed by atoms with Crippen LogP contribution in [0.4, 0.5) is 0 Å². The third kappa shape index (κ3) is 31.9. The van der Waals surface area contributed by atoms with E-state index >= 15 is 0 Å². The van der Waals surface area contributed by atoms with Gasteiger partial charge in [-0.05, 0) is 19.8 Å². The minimum absolute atomic E-state index is 0.177. The minimum Gasteiger partial charge on any atom is -0.452 e. The van der Waals surface area contributed by atoms with Gasteiger partial charge in [0.1, 0.15) is 0 Å². The molecular formula is C42H84NO4+. The van der Waals surface area contributed by atoms with Crippen LogP contribution in [0, 0.1) is 0 Å². The number of likely N-dealkylation sites (N-methyl/N-ethyl adjacent to an activating group) is 1. The van der Waals surface area contributed by atoms with E-state index in [0.717, 1.165) is 25.7 Å². The van der Waals surface area contributed by atoms with E-state index < -0.39 is 12.3 Å². The molecule has 0 amide bonds. The number of carbonyl (C=O) groups excluding carboxylic acids is 2. The third-order valence-corrected chi connectivity index (χ3v) is 9.70. The highest BCUT2D eigenvalue weighted by Crippen LogP contribution is 2.18. The van der Waals surface area contributed by atoms with Gasteiger partial charge in [-0.2, -0.15) is 0 Å². The first kappa shape index (κ1) is 45.9. The molecule has 0 aromatic carbocycles. The second kappa shape index (κ2) is 33.4. The molecule has 0 aliphatic rings. The first-order valence-electron chi connectivity index (χ1n) is 20.9. The maximum Gasteiger partial charge on any atom is 0.310 e. The van der Waals surface area contributed by atoms with E-state index in [9.17, 15) is 9.59 Å². The first-order valence-corrected chi connectivity index (χ1v) is 20.9. The van der Waals surface area contributed by atoms with Crippen molar-refractivity contribution in [2.45, 2.75) is 239 Å². The Labute approximate surface area is 294 Å². The van der Waals surface area contributed by atoms with Gasteiger partial charge >= 0.3 is 11.9 Å². The number of ether oxygens (including phenoxy) is 2. The van der Waals surface area contributed by atoms with Gasteiger partial charge in [-0.3, -0.25) is 14.1 Å². The molecule has 0 bridgehead atoms. The zero-order chi connectivity index (χ0) is 34.9. The maximum atomic E-state index is 12.7. The van der Waals surface area contributed by atoms with Gasteiger partial charge in [0.05, 0.1) is 21.1 Å². The van der Waals surface area contributed by atoms with E-state index in [-0.39, 0.29) is 11.9 Å². The van der Waals surface area contributed by atoms with Gasteiger partial charge in [-0.15, -0.1) is 0 Å². The predicted molar refractivity (Wildman–Crippen MR) is 203 cm³/mol. The summed E-state index contributed by atoms with van der Waals surface area (Å²) >= 11 is 0. The lowest BCUT2D eigenvalue weighted by Gasteiger charge is -2.36. The van der Waals surface area contributed by atoms with Gasteiger partial charge in [0.25, 0.3) is 6.23 Å². The topological polar surface area (TPSA) is 52.6 Å². The fourth-order valence-corrected chi connectivity index (χ4v) is 6.68. The molecule has 0 saturated heterocycles. The molecule has 0 heterocycles. The molecule has 0 aliphatic heterocycles. The summed E-state index contributed by atoms with van der Waals surface area (Å²) in [5.41, 5.74) is 0. The molecule has 0 rings (SSSR count). The monoisotopic (exact) mass is 667 g/mol. The van der Waals surface area contributed by atoms with Crippen molar-refractivity contribution >= 4 is 11.9 Å². The average molecular weight is 667 g/mol. The number of rotatable bonds is 36. The van der Waals surface area contributed by atoms with Crippen LogP contribution < -0.4 is 0 Å². The van der Waals surface area contributed by atoms with E-state index in [1.165, 1.54) is 167 Å². The van der Waals surface area contributed by atoms with Gasteiger partial charge in [0.2, 0.25) is 0 Å². The van der Waals surface area contributed by atoms with E-state index in [1.807, 2.05) is 28.1 Å². The molecule has 0 spiro atoms. The number of hydrogen-bond donors (Lipinski definition) is 0. The summed E-state index contributed by atoms with van der Waals surface area (Å²) < 4.78 is 12.1. The fourth-order valence-electron chi connectivity index (χ4n) is 6.68. The van der Waals surface area contributed by atoms with Crippen LogP contribution in [0.3, 0.4) is 0 Å². The smallest absolute Gasteiger partial charge is 0.310 e. The first-order chi connectivity index (χ1) is 22.7. The molecule has 0 radical (unpaired) electrons. The predicted octanol–water partition coefficient (Wildman–Crippen LogP) is 13.0. The summed E-state index contributed by atoms with van der Waals surface area (Å²) in [6.45, 7) is 6.42. The van der Waals surface area contributed by atoms with E-state index in [2.05, 4.69) is 13.8 Å². The van der Waals surface area contributed by atoms with E-state index in [1.54, 1.807) is 0 Å². The van der Waals surface area contributed by atoms with Crippen molar-refractivity contribution < 1.29 is 23.5 Å². The SMILES string of the molecule is CCCCCCCCCCCCCCCCCC(=O)OC(C)C(OC(=O)CCCCCCCCCCCCCCCCC)[N+](C)(C)C. The van der Waals surface area contributed by atoms with Crippen molar-refractivity contribution in [3.05, 3.63) is 0 Å². The lowest BCUT2D eigenvalue weighted by atomic mass is 10.0. The lowest BCUT2D eigenvalue weighted by molar-refractivity contribution is -0.920. The summed E-state index contributed by atoms with van der Waals surface area (Å²) in [4.78, 5) is 25.2. The van der Waals surface area contributed by atoms with Gasteiger partial charge in [-0.25, -0.2) is 0 Å². The Morgan fingerprint density at radius 1 is 0.404 bits per heavy atom. The largest absolute Gasteiger partial charge is 0.452 e. The quantitative estimate of drug-likeness (QED) is 0.0289. The molecule has 0 aromatic rings. The van der Waals surface area contributed by atoms with Crippen molar-refractivity contribution in [1.29, 1.82) is 0 Å². The Bertz CT molecular complexity index is 689. The Kier molecular flexibility index (Phi) is 32.6. The Morgan fingerprint density at radius 3 is 0.894 bits per heavy atom. The Balaban J connectivity index is 3.86. The highest BCUT2D eigenvalue weighted by Gasteiger charge is 2.36. The van der Waals surface area contributed by atoms with Crippen molar-refractivity contribution in [3.63, 3.8) is 0 Å². The van der Waals surface area contributed by atoms with Crippen LogP contribution in [0.25, 0.3) is 0 Å². The molecule has 0 saturated carbocycles. The van der Waals surface area contributed by atoms with Crippen LogP contribution in [-0.4, -0.2) is 49.9 Å². The fraction of sp³-hybridized carbons (Fsp3) is 0.952. The molecule has 0 N–H and O–H groups in total. The van der Waals surface area contributed by atoms with Crippen molar-refractivity contribution in [3.8, 4) is 0 Å². The van der Waals surface area contributed by atoms with E-state index in [0.29, 0.717) is 17.3 Å². The summed E-state index contributed by atoms with van der Waals surface area (Å²) in [7, 11) is 5.97. The summed E-state index contributed by atoms with van der Waals surface area (Å²) in [6.07, 6.45) is 39.2. The second-order valence-electron chi connectivity index (χ2n) is 15.6. The minimum atomic E-state index is -0.496. The van der Waals surface area contributed by atoms with Crippen LogP contribution in [0.1, 0.15) is 226 Å². The van der Waals surface area contributed by atoms with Gasteiger partial charge in [-0.1, -0.05) is 194 Å². The molecule has 0 fully saturated rings. The van der Waals surface area contributed by atoms with Gasteiger partial charge in [0.15, 0.2) is 6.10 Å². The number of esters is 2. The van der Waals surface area contributed by atoms with Crippen LogP contribution in [0.5, 0.6) is 0 Å². The highest BCUT2D eigenvalue weighted by atomic mass is 16.6. The summed E-state index contributed by atoms with van der Waals surface area (Å²) in [5.74, 6) is -0.354. The number of nitrogens with zero attached hydrogens (tertiary/aromatic N) is 1. The van der Waals surface area contributed by atoms with Crippen LogP contribution >= 0.6 is 0 Å². The van der Waals surface area contributed by atoms with Crippen LogP contribution in [0.15, 0.2) is 0 Å². The second-order valence-corrected chi connectivity index (χ2v) is 15.6. The Morgan fingerprint density at radius 2 is 0.638 bits per heavy atom. The van der Waals surface area contributed by atoms with Gasteiger partial charge in [0, 0.05) is 12.8 Å². The van der Waals surface area contributed by atoms with Crippen LogP contribution in [-0.2, 0) is 19.1 Å². The standard InChI is InChI=1S/C42H84NO4/c1-7-9-11-13-15-17-19-21-23-25-27-29-31-33-35-37-40(44)46-39(3)42(43(4,5)6)47-41(45)38-36-34-32-30-28-26-24-22-20-18-16-14-12-10-8-2/h39,42H,7-38H2,1-6H3/q+1. The third-order valence-electron chi connectivity index (χ3n) is 9.70. The molecule has 2 atom stereocenters. The lowest BCUT2D eigenvalue weighted by Crippen LogP contribution is -2.54. The molecule has 280 valence electrons.